The highest BCUT2D eigenvalue weighted by Crippen LogP contribution is 2.28. The van der Waals surface area contributed by atoms with E-state index in [0.717, 1.165) is 12.0 Å². The Hall–Kier alpha value is -0.910. The van der Waals surface area contributed by atoms with E-state index in [9.17, 15) is 13.5 Å². The Morgan fingerprint density at radius 3 is 2.24 bits per heavy atom. The van der Waals surface area contributed by atoms with Gasteiger partial charge in [-0.3, -0.25) is 0 Å². The second-order valence-corrected chi connectivity index (χ2v) is 8.50. The predicted molar refractivity (Wildman–Crippen MR) is 85.6 cm³/mol. The number of hydrogen-bond donors (Lipinski definition) is 1. The molecule has 0 aliphatic heterocycles. The van der Waals surface area contributed by atoms with Crippen LogP contribution in [0.2, 0.25) is 0 Å². The minimum atomic E-state index is -3.56. The summed E-state index contributed by atoms with van der Waals surface area (Å²) in [5.74, 6) is 0. The number of aliphatic hydroxyl groups is 1. The number of hydrogen-bond acceptors (Lipinski definition) is 3. The Morgan fingerprint density at radius 1 is 1.24 bits per heavy atom. The summed E-state index contributed by atoms with van der Waals surface area (Å²) in [6, 6.07) is 4.86. The summed E-state index contributed by atoms with van der Waals surface area (Å²) < 4.78 is 26.9. The summed E-state index contributed by atoms with van der Waals surface area (Å²) in [6.45, 7) is 9.79. The maximum Gasteiger partial charge on any atom is 0.243 e. The van der Waals surface area contributed by atoms with Crippen molar-refractivity contribution in [2.24, 2.45) is 5.41 Å². The van der Waals surface area contributed by atoms with Crippen molar-refractivity contribution in [2.75, 3.05) is 7.05 Å². The van der Waals surface area contributed by atoms with Crippen LogP contribution < -0.4 is 0 Å². The van der Waals surface area contributed by atoms with Gasteiger partial charge in [-0.25, -0.2) is 8.42 Å². The van der Waals surface area contributed by atoms with Crippen molar-refractivity contribution in [2.45, 2.75) is 58.6 Å². The van der Waals surface area contributed by atoms with E-state index >= 15 is 0 Å². The third-order valence-electron chi connectivity index (χ3n) is 4.20. The fourth-order valence-corrected chi connectivity index (χ4v) is 3.77. The molecule has 0 amide bonds. The smallest absolute Gasteiger partial charge is 0.243 e. The zero-order chi connectivity index (χ0) is 16.4. The largest absolute Gasteiger partial charge is 0.392 e. The summed E-state index contributed by atoms with van der Waals surface area (Å²) in [4.78, 5) is 0.238. The van der Waals surface area contributed by atoms with Crippen molar-refractivity contribution >= 4 is 10.0 Å². The molecule has 120 valence electrons. The van der Waals surface area contributed by atoms with Crippen molar-refractivity contribution in [1.29, 1.82) is 0 Å². The first-order chi connectivity index (χ1) is 9.55. The van der Waals surface area contributed by atoms with Crippen LogP contribution in [0.15, 0.2) is 23.1 Å². The molecule has 1 aromatic rings. The number of aliphatic hydroxyl groups excluding tert-OH is 1. The van der Waals surface area contributed by atoms with E-state index < -0.39 is 10.0 Å². The predicted octanol–water partition coefficient (Wildman–Crippen LogP) is 2.80. The standard InChI is InChI=1S/C16H27NO3S/c1-7-13-8-9-15(10-14(13)11-18)21(19,20)17(6)12(2)16(3,4)5/h8-10,12,18H,7,11H2,1-6H3. The molecule has 1 aromatic carbocycles. The molecule has 21 heavy (non-hydrogen) atoms. The molecule has 0 aliphatic rings. The molecule has 0 fully saturated rings. The molecule has 0 aromatic heterocycles. The fourth-order valence-electron chi connectivity index (χ4n) is 2.17. The highest BCUT2D eigenvalue weighted by Gasteiger charge is 2.32. The van der Waals surface area contributed by atoms with Crippen molar-refractivity contribution in [3.63, 3.8) is 0 Å². The zero-order valence-electron chi connectivity index (χ0n) is 13.8. The molecular weight excluding hydrogens is 286 g/mol. The van der Waals surface area contributed by atoms with Crippen LogP contribution >= 0.6 is 0 Å². The lowest BCUT2D eigenvalue weighted by Crippen LogP contribution is -2.42. The van der Waals surface area contributed by atoms with Crippen LogP contribution in [0, 0.1) is 5.41 Å². The Kier molecular flexibility index (Phi) is 5.58. The van der Waals surface area contributed by atoms with E-state index in [1.165, 1.54) is 4.31 Å². The van der Waals surface area contributed by atoms with Gasteiger partial charge in [0.1, 0.15) is 0 Å². The lowest BCUT2D eigenvalue weighted by atomic mass is 9.88. The minimum absolute atomic E-state index is 0.133. The fraction of sp³-hybridized carbons (Fsp3) is 0.625. The molecule has 0 radical (unpaired) electrons. The Balaban J connectivity index is 3.25. The molecule has 4 nitrogen and oxygen atoms in total. The van der Waals surface area contributed by atoms with Crippen LogP contribution in [0.3, 0.4) is 0 Å². The van der Waals surface area contributed by atoms with Gasteiger partial charge < -0.3 is 5.11 Å². The van der Waals surface area contributed by atoms with Gasteiger partial charge in [-0.05, 0) is 42.0 Å². The summed E-state index contributed by atoms with van der Waals surface area (Å²) >= 11 is 0. The lowest BCUT2D eigenvalue weighted by Gasteiger charge is -2.34. The summed E-state index contributed by atoms with van der Waals surface area (Å²) in [7, 11) is -1.95. The van der Waals surface area contributed by atoms with Crippen molar-refractivity contribution in [3.8, 4) is 0 Å². The zero-order valence-corrected chi connectivity index (χ0v) is 14.7. The number of nitrogens with zero attached hydrogens (tertiary/aromatic N) is 1. The quantitative estimate of drug-likeness (QED) is 0.909. The molecular formula is C16H27NO3S. The van der Waals surface area contributed by atoms with Crippen LogP contribution in [-0.4, -0.2) is 30.9 Å². The number of rotatable bonds is 5. The average Bonchev–Trinajstić information content (AvgIpc) is 2.43. The number of aryl methyl sites for hydroxylation is 1. The van der Waals surface area contributed by atoms with Gasteiger partial charge in [-0.2, -0.15) is 4.31 Å². The number of sulfonamides is 1. The number of benzene rings is 1. The highest BCUT2D eigenvalue weighted by atomic mass is 32.2. The summed E-state index contributed by atoms with van der Waals surface area (Å²) in [6.07, 6.45) is 0.768. The summed E-state index contributed by atoms with van der Waals surface area (Å²) in [5, 5.41) is 9.41. The van der Waals surface area contributed by atoms with E-state index in [4.69, 9.17) is 0 Å². The van der Waals surface area contributed by atoms with E-state index in [-0.39, 0.29) is 23.0 Å². The van der Waals surface area contributed by atoms with E-state index in [1.54, 1.807) is 25.2 Å². The Morgan fingerprint density at radius 2 is 1.81 bits per heavy atom. The van der Waals surface area contributed by atoms with Crippen molar-refractivity contribution < 1.29 is 13.5 Å². The third kappa shape index (κ3) is 3.84. The van der Waals surface area contributed by atoms with Gasteiger partial charge in [0.05, 0.1) is 11.5 Å². The van der Waals surface area contributed by atoms with Gasteiger partial charge >= 0.3 is 0 Å². The van der Waals surface area contributed by atoms with Gasteiger partial charge in [0, 0.05) is 13.1 Å². The van der Waals surface area contributed by atoms with Crippen LogP contribution in [0.5, 0.6) is 0 Å². The van der Waals surface area contributed by atoms with Crippen LogP contribution in [0.25, 0.3) is 0 Å². The monoisotopic (exact) mass is 313 g/mol. The second kappa shape index (κ2) is 6.46. The topological polar surface area (TPSA) is 57.6 Å². The van der Waals surface area contributed by atoms with Crippen molar-refractivity contribution in [3.05, 3.63) is 29.3 Å². The maximum atomic E-state index is 12.7. The third-order valence-corrected chi connectivity index (χ3v) is 6.13. The first-order valence-electron chi connectivity index (χ1n) is 7.26. The molecule has 1 N–H and O–H groups in total. The minimum Gasteiger partial charge on any atom is -0.392 e. The van der Waals surface area contributed by atoms with Gasteiger partial charge in [-0.1, -0.05) is 33.8 Å². The highest BCUT2D eigenvalue weighted by molar-refractivity contribution is 7.89. The molecule has 0 bridgehead atoms. The first kappa shape index (κ1) is 18.1. The second-order valence-electron chi connectivity index (χ2n) is 6.51. The van der Waals surface area contributed by atoms with Gasteiger partial charge in [0.2, 0.25) is 10.0 Å². The maximum absolute atomic E-state index is 12.7. The molecule has 1 unspecified atom stereocenters. The Labute approximate surface area is 128 Å². The molecule has 0 aliphatic carbocycles. The average molecular weight is 313 g/mol. The molecule has 1 rings (SSSR count). The van der Waals surface area contributed by atoms with E-state index in [1.807, 2.05) is 34.6 Å². The van der Waals surface area contributed by atoms with Gasteiger partial charge in [0.15, 0.2) is 0 Å². The SMILES string of the molecule is CCc1ccc(S(=O)(=O)N(C)C(C)C(C)(C)C)cc1CO. The molecule has 5 heteroatoms. The van der Waals surface area contributed by atoms with Gasteiger partial charge in [-0.15, -0.1) is 0 Å². The van der Waals surface area contributed by atoms with E-state index in [2.05, 4.69) is 0 Å². The molecule has 1 atom stereocenters. The van der Waals surface area contributed by atoms with Crippen LogP contribution in [0.1, 0.15) is 45.7 Å². The summed E-state index contributed by atoms with van der Waals surface area (Å²) in [5.41, 5.74) is 1.50. The molecule has 0 saturated carbocycles. The van der Waals surface area contributed by atoms with E-state index in [0.29, 0.717) is 5.56 Å². The normalized spacial score (nSPS) is 14.5. The van der Waals surface area contributed by atoms with Gasteiger partial charge in [0.25, 0.3) is 0 Å². The molecule has 0 spiro atoms. The van der Waals surface area contributed by atoms with Crippen molar-refractivity contribution in [1.82, 2.24) is 4.31 Å². The van der Waals surface area contributed by atoms with Crippen LogP contribution in [0.4, 0.5) is 0 Å². The molecule has 0 saturated heterocycles. The first-order valence-corrected chi connectivity index (χ1v) is 8.70. The Bertz CT molecular complexity index is 588. The molecule has 0 heterocycles. The lowest BCUT2D eigenvalue weighted by molar-refractivity contribution is 0.216. The van der Waals surface area contributed by atoms with Crippen LogP contribution in [-0.2, 0) is 23.1 Å².